The standard InChI is InChI=1S/C34H22N4/c1-2-10-26(11-3-1)32-36-33(38-34(37-32)30-17-6-12-23-9-4-5-15-28(23)30)27-20-18-24(19-21-27)29-16-7-13-25-14-8-22-35-31(25)29/h1-22H. The van der Waals surface area contributed by atoms with Crippen molar-refractivity contribution in [3.05, 3.63) is 134 Å². The van der Waals surface area contributed by atoms with Crippen LogP contribution in [0.25, 0.3) is 67.0 Å². The molecule has 0 atom stereocenters. The maximum Gasteiger partial charge on any atom is 0.164 e. The molecule has 0 aliphatic rings. The molecular formula is C34H22N4. The predicted molar refractivity (Wildman–Crippen MR) is 154 cm³/mol. The van der Waals surface area contributed by atoms with Crippen LogP contribution in [0.5, 0.6) is 0 Å². The molecule has 0 radical (unpaired) electrons. The minimum Gasteiger partial charge on any atom is -0.256 e. The highest BCUT2D eigenvalue weighted by Crippen LogP contribution is 2.31. The van der Waals surface area contributed by atoms with Gasteiger partial charge in [0.2, 0.25) is 0 Å². The van der Waals surface area contributed by atoms with Crippen LogP contribution in [0.2, 0.25) is 0 Å². The third kappa shape index (κ3) is 3.98. The summed E-state index contributed by atoms with van der Waals surface area (Å²) in [5.41, 5.74) is 6.07. The van der Waals surface area contributed by atoms with E-state index in [1.54, 1.807) is 0 Å². The fraction of sp³-hybridized carbons (Fsp3) is 0. The van der Waals surface area contributed by atoms with Crippen molar-refractivity contribution < 1.29 is 0 Å². The highest BCUT2D eigenvalue weighted by Gasteiger charge is 2.14. The van der Waals surface area contributed by atoms with Gasteiger partial charge in [0.25, 0.3) is 0 Å². The molecular weight excluding hydrogens is 464 g/mol. The fourth-order valence-electron chi connectivity index (χ4n) is 4.90. The van der Waals surface area contributed by atoms with Crippen LogP contribution >= 0.6 is 0 Å². The van der Waals surface area contributed by atoms with E-state index >= 15 is 0 Å². The number of fused-ring (bicyclic) bond motifs is 2. The van der Waals surface area contributed by atoms with Gasteiger partial charge < -0.3 is 0 Å². The van der Waals surface area contributed by atoms with Crippen LogP contribution in [-0.4, -0.2) is 19.9 Å². The van der Waals surface area contributed by atoms with E-state index in [2.05, 4.69) is 83.8 Å². The van der Waals surface area contributed by atoms with E-state index in [1.165, 1.54) is 0 Å². The zero-order chi connectivity index (χ0) is 25.3. The maximum atomic E-state index is 4.97. The van der Waals surface area contributed by atoms with Crippen LogP contribution in [0.1, 0.15) is 0 Å². The molecule has 0 saturated heterocycles. The lowest BCUT2D eigenvalue weighted by molar-refractivity contribution is 1.08. The average molecular weight is 487 g/mol. The number of hydrogen-bond donors (Lipinski definition) is 0. The molecule has 7 aromatic rings. The van der Waals surface area contributed by atoms with Gasteiger partial charge in [-0.1, -0.05) is 121 Å². The highest BCUT2D eigenvalue weighted by molar-refractivity contribution is 5.96. The maximum absolute atomic E-state index is 4.97. The minimum atomic E-state index is 0.643. The summed E-state index contributed by atoms with van der Waals surface area (Å²) in [6.07, 6.45) is 1.84. The summed E-state index contributed by atoms with van der Waals surface area (Å²) in [5, 5.41) is 3.39. The predicted octanol–water partition coefficient (Wildman–Crippen LogP) is 8.24. The summed E-state index contributed by atoms with van der Waals surface area (Å²) in [6, 6.07) is 43.3. The van der Waals surface area contributed by atoms with Gasteiger partial charge in [-0.3, -0.25) is 4.98 Å². The second kappa shape index (κ2) is 9.34. The fourth-order valence-corrected chi connectivity index (χ4v) is 4.90. The Bertz CT molecular complexity index is 1900. The molecule has 0 aliphatic carbocycles. The van der Waals surface area contributed by atoms with E-state index in [-0.39, 0.29) is 0 Å². The summed E-state index contributed by atoms with van der Waals surface area (Å²) in [4.78, 5) is 19.4. The Labute approximate surface area is 220 Å². The largest absolute Gasteiger partial charge is 0.256 e. The normalized spacial score (nSPS) is 11.2. The summed E-state index contributed by atoms with van der Waals surface area (Å²) in [6.45, 7) is 0. The highest BCUT2D eigenvalue weighted by atomic mass is 15.0. The van der Waals surface area contributed by atoms with Crippen LogP contribution < -0.4 is 0 Å². The SMILES string of the molecule is c1ccc(-c2nc(-c3ccc(-c4cccc5cccnc45)cc3)nc(-c3cccc4ccccc34)n2)cc1. The zero-order valence-corrected chi connectivity index (χ0v) is 20.5. The van der Waals surface area contributed by atoms with Crippen LogP contribution in [0.3, 0.4) is 0 Å². The lowest BCUT2D eigenvalue weighted by atomic mass is 10.0. The molecule has 38 heavy (non-hydrogen) atoms. The molecule has 0 aliphatic heterocycles. The van der Waals surface area contributed by atoms with Crippen molar-refractivity contribution in [2.75, 3.05) is 0 Å². The van der Waals surface area contributed by atoms with Gasteiger partial charge in [0, 0.05) is 33.8 Å². The molecule has 0 amide bonds. The van der Waals surface area contributed by atoms with E-state index in [0.29, 0.717) is 17.5 Å². The van der Waals surface area contributed by atoms with Crippen molar-refractivity contribution in [3.63, 3.8) is 0 Å². The molecule has 4 heteroatoms. The third-order valence-electron chi connectivity index (χ3n) is 6.78. The van der Waals surface area contributed by atoms with Crippen molar-refractivity contribution in [1.29, 1.82) is 0 Å². The van der Waals surface area contributed by atoms with Crippen LogP contribution in [0.15, 0.2) is 134 Å². The number of para-hydroxylation sites is 1. The molecule has 0 bridgehead atoms. The molecule has 2 aromatic heterocycles. The summed E-state index contributed by atoms with van der Waals surface area (Å²) in [7, 11) is 0. The van der Waals surface area contributed by atoms with Gasteiger partial charge in [-0.05, 0) is 22.4 Å². The van der Waals surface area contributed by atoms with Gasteiger partial charge >= 0.3 is 0 Å². The topological polar surface area (TPSA) is 51.6 Å². The first kappa shape index (κ1) is 22.0. The van der Waals surface area contributed by atoms with Gasteiger partial charge in [-0.25, -0.2) is 15.0 Å². The van der Waals surface area contributed by atoms with Crippen molar-refractivity contribution in [1.82, 2.24) is 19.9 Å². The van der Waals surface area contributed by atoms with Gasteiger partial charge in [-0.15, -0.1) is 0 Å². The Morgan fingerprint density at radius 3 is 1.76 bits per heavy atom. The molecule has 0 N–H and O–H groups in total. The Morgan fingerprint density at radius 2 is 0.947 bits per heavy atom. The lowest BCUT2D eigenvalue weighted by Crippen LogP contribution is -2.00. The number of nitrogens with zero attached hydrogens (tertiary/aromatic N) is 4. The van der Waals surface area contributed by atoms with E-state index in [4.69, 9.17) is 15.0 Å². The Balaban J connectivity index is 1.37. The monoisotopic (exact) mass is 486 g/mol. The number of hydrogen-bond acceptors (Lipinski definition) is 4. The van der Waals surface area contributed by atoms with Crippen molar-refractivity contribution in [3.8, 4) is 45.3 Å². The number of rotatable bonds is 4. The quantitative estimate of drug-likeness (QED) is 0.251. The minimum absolute atomic E-state index is 0.643. The first-order chi connectivity index (χ1) is 18.8. The summed E-state index contributed by atoms with van der Waals surface area (Å²) in [5.74, 6) is 1.96. The molecule has 4 nitrogen and oxygen atoms in total. The Morgan fingerprint density at radius 1 is 0.368 bits per heavy atom. The van der Waals surface area contributed by atoms with Gasteiger partial charge in [0.05, 0.1) is 5.52 Å². The summed E-state index contributed by atoms with van der Waals surface area (Å²) >= 11 is 0. The molecule has 178 valence electrons. The molecule has 0 saturated carbocycles. The summed E-state index contributed by atoms with van der Waals surface area (Å²) < 4.78 is 0. The number of benzene rings is 5. The first-order valence-electron chi connectivity index (χ1n) is 12.6. The molecule has 2 heterocycles. The van der Waals surface area contributed by atoms with Gasteiger partial charge in [-0.2, -0.15) is 0 Å². The third-order valence-corrected chi connectivity index (χ3v) is 6.78. The van der Waals surface area contributed by atoms with Crippen LogP contribution in [0.4, 0.5) is 0 Å². The molecule has 5 aromatic carbocycles. The van der Waals surface area contributed by atoms with E-state index in [1.807, 2.05) is 54.7 Å². The second-order valence-corrected chi connectivity index (χ2v) is 9.16. The van der Waals surface area contributed by atoms with E-state index < -0.39 is 0 Å². The number of pyridine rings is 1. The Hall–Kier alpha value is -5.22. The smallest absolute Gasteiger partial charge is 0.164 e. The lowest BCUT2D eigenvalue weighted by Gasteiger charge is -2.11. The molecule has 7 rings (SSSR count). The average Bonchev–Trinajstić information content (AvgIpc) is 3.01. The van der Waals surface area contributed by atoms with E-state index in [9.17, 15) is 0 Å². The van der Waals surface area contributed by atoms with Crippen molar-refractivity contribution in [2.24, 2.45) is 0 Å². The van der Waals surface area contributed by atoms with Crippen molar-refractivity contribution >= 4 is 21.7 Å². The zero-order valence-electron chi connectivity index (χ0n) is 20.5. The molecule has 0 unspecified atom stereocenters. The van der Waals surface area contributed by atoms with Crippen LogP contribution in [0, 0.1) is 0 Å². The van der Waals surface area contributed by atoms with Gasteiger partial charge in [0.15, 0.2) is 17.5 Å². The van der Waals surface area contributed by atoms with Crippen LogP contribution in [-0.2, 0) is 0 Å². The molecule has 0 fully saturated rings. The first-order valence-corrected chi connectivity index (χ1v) is 12.6. The van der Waals surface area contributed by atoms with E-state index in [0.717, 1.165) is 49.5 Å². The second-order valence-electron chi connectivity index (χ2n) is 9.16. The van der Waals surface area contributed by atoms with Crippen molar-refractivity contribution in [2.45, 2.75) is 0 Å². The molecule has 0 spiro atoms. The number of aromatic nitrogens is 4. The Kier molecular flexibility index (Phi) is 5.41. The van der Waals surface area contributed by atoms with Gasteiger partial charge in [0.1, 0.15) is 0 Å².